The van der Waals surface area contributed by atoms with Crippen molar-refractivity contribution in [2.24, 2.45) is 0 Å². The Morgan fingerprint density at radius 1 is 0.907 bits per heavy atom. The minimum atomic E-state index is -1.00. The number of aromatic nitrogens is 1. The first kappa shape index (κ1) is 39.5. The van der Waals surface area contributed by atoms with Gasteiger partial charge in [-0.1, -0.05) is 66.7 Å². The van der Waals surface area contributed by atoms with Gasteiger partial charge in [0.1, 0.15) is 11.6 Å². The van der Waals surface area contributed by atoms with E-state index in [9.17, 15) is 14.4 Å². The van der Waals surface area contributed by atoms with Crippen LogP contribution in [0.3, 0.4) is 0 Å². The zero-order valence-electron chi connectivity index (χ0n) is 31.9. The summed E-state index contributed by atoms with van der Waals surface area (Å²) in [5, 5.41) is 2.65. The molecule has 3 amide bonds. The average Bonchev–Trinajstić information content (AvgIpc) is 3.22. The molecule has 284 valence electrons. The molecule has 0 saturated carbocycles. The van der Waals surface area contributed by atoms with E-state index >= 15 is 4.79 Å². The van der Waals surface area contributed by atoms with Gasteiger partial charge in [0.05, 0.1) is 36.9 Å². The summed E-state index contributed by atoms with van der Waals surface area (Å²) in [6.45, 7) is 11.5. The first-order valence-electron chi connectivity index (χ1n) is 18.5. The van der Waals surface area contributed by atoms with E-state index in [1.165, 1.54) is 0 Å². The van der Waals surface area contributed by atoms with Crippen molar-refractivity contribution in [1.29, 1.82) is 0 Å². The van der Waals surface area contributed by atoms with Crippen molar-refractivity contribution in [3.8, 4) is 5.75 Å². The molecule has 0 aliphatic carbocycles. The summed E-state index contributed by atoms with van der Waals surface area (Å²) < 4.78 is 16.7. The number of nitrogens with zero attached hydrogens (tertiary/aromatic N) is 3. The minimum Gasteiger partial charge on any atom is -0.490 e. The summed E-state index contributed by atoms with van der Waals surface area (Å²) in [5.74, 6) is -0.357. The summed E-state index contributed by atoms with van der Waals surface area (Å²) in [6.07, 6.45) is 2.88. The molecule has 5 rings (SSSR count). The van der Waals surface area contributed by atoms with Gasteiger partial charge >= 0.3 is 12.1 Å². The molecule has 0 radical (unpaired) electrons. The largest absolute Gasteiger partial charge is 0.490 e. The zero-order valence-corrected chi connectivity index (χ0v) is 31.9. The van der Waals surface area contributed by atoms with E-state index in [0.29, 0.717) is 42.0 Å². The lowest BCUT2D eigenvalue weighted by atomic mass is 9.95. The molecule has 11 heteroatoms. The normalized spacial score (nSPS) is 15.0. The molecule has 54 heavy (non-hydrogen) atoms. The van der Waals surface area contributed by atoms with Gasteiger partial charge in [-0.15, -0.1) is 0 Å². The Bertz CT molecular complexity index is 1910. The highest BCUT2D eigenvalue weighted by atomic mass is 16.6. The van der Waals surface area contributed by atoms with Gasteiger partial charge in [0.25, 0.3) is 11.8 Å². The van der Waals surface area contributed by atoms with E-state index in [-0.39, 0.29) is 36.7 Å². The van der Waals surface area contributed by atoms with Gasteiger partial charge in [-0.05, 0) is 102 Å². The number of rotatable bonds is 14. The van der Waals surface area contributed by atoms with Crippen molar-refractivity contribution in [2.75, 3.05) is 23.4 Å². The Morgan fingerprint density at radius 2 is 1.61 bits per heavy atom. The van der Waals surface area contributed by atoms with Gasteiger partial charge in [0, 0.05) is 12.2 Å². The Labute approximate surface area is 317 Å². The molecule has 3 aromatic carbocycles. The van der Waals surface area contributed by atoms with Crippen LogP contribution in [-0.4, -0.2) is 58.6 Å². The van der Waals surface area contributed by atoms with Crippen LogP contribution in [0.4, 0.5) is 16.3 Å². The third kappa shape index (κ3) is 9.83. The summed E-state index contributed by atoms with van der Waals surface area (Å²) in [4.78, 5) is 62.9. The number of ether oxygens (including phenoxy) is 3. The molecule has 2 unspecified atom stereocenters. The minimum absolute atomic E-state index is 0.122. The summed E-state index contributed by atoms with van der Waals surface area (Å²) >= 11 is 0. The highest BCUT2D eigenvalue weighted by Crippen LogP contribution is 2.42. The van der Waals surface area contributed by atoms with Gasteiger partial charge in [-0.25, -0.2) is 9.78 Å². The van der Waals surface area contributed by atoms with E-state index < -0.39 is 29.7 Å². The molecule has 0 spiro atoms. The van der Waals surface area contributed by atoms with E-state index in [4.69, 9.17) is 14.2 Å². The third-order valence-corrected chi connectivity index (χ3v) is 8.86. The standard InChI is InChI=1S/C43H50N4O7/c1-7-52-37(48)28-35(31-18-10-8-11-19-31)47-38(32-20-12-9-13-21-32)41(50)46(29(2)3)34-24-23-30(27-33(34)40(47)49)17-14-15-26-53-36-22-16-25-44-39(36)45-42(51)54-43(4,5)6/h8-13,16,18-25,27,29,35,38H,7,14-15,17,26,28H2,1-6H3,(H,44,45,51). The molecule has 1 aliphatic rings. The molecular formula is C43H50N4O7. The number of hydrogen-bond acceptors (Lipinski definition) is 8. The zero-order chi connectivity index (χ0) is 38.8. The van der Waals surface area contributed by atoms with Gasteiger partial charge < -0.3 is 24.0 Å². The Hall–Kier alpha value is -5.71. The molecule has 2 atom stereocenters. The van der Waals surface area contributed by atoms with Crippen LogP contribution in [0.25, 0.3) is 0 Å². The molecule has 0 fully saturated rings. The topological polar surface area (TPSA) is 127 Å². The fourth-order valence-electron chi connectivity index (χ4n) is 6.58. The smallest absolute Gasteiger partial charge is 0.413 e. The maximum Gasteiger partial charge on any atom is 0.413 e. The molecule has 1 N–H and O–H groups in total. The average molecular weight is 735 g/mol. The van der Waals surface area contributed by atoms with E-state index in [1.54, 1.807) is 55.8 Å². The van der Waals surface area contributed by atoms with Crippen molar-refractivity contribution in [3.05, 3.63) is 119 Å². The number of benzene rings is 3. The number of unbranched alkanes of at least 4 members (excludes halogenated alkanes) is 1. The lowest BCUT2D eigenvalue weighted by molar-refractivity contribution is -0.145. The molecule has 4 aromatic rings. The van der Waals surface area contributed by atoms with E-state index in [0.717, 1.165) is 17.5 Å². The van der Waals surface area contributed by atoms with Crippen LogP contribution in [0.15, 0.2) is 97.2 Å². The van der Waals surface area contributed by atoms with Crippen LogP contribution in [0, 0.1) is 0 Å². The highest BCUT2D eigenvalue weighted by molar-refractivity contribution is 6.11. The van der Waals surface area contributed by atoms with Crippen molar-refractivity contribution >= 4 is 35.4 Å². The second-order valence-corrected chi connectivity index (χ2v) is 14.4. The van der Waals surface area contributed by atoms with Gasteiger partial charge in [0.2, 0.25) is 0 Å². The lowest BCUT2D eigenvalue weighted by Crippen LogP contribution is -2.46. The Kier molecular flexibility index (Phi) is 13.1. The fourth-order valence-corrected chi connectivity index (χ4v) is 6.58. The number of carbonyl (C=O) groups is 4. The summed E-state index contributed by atoms with van der Waals surface area (Å²) in [7, 11) is 0. The van der Waals surface area contributed by atoms with Crippen LogP contribution in [0.5, 0.6) is 5.75 Å². The maximum absolute atomic E-state index is 15.1. The maximum atomic E-state index is 15.1. The highest BCUT2D eigenvalue weighted by Gasteiger charge is 2.45. The number of fused-ring (bicyclic) bond motifs is 1. The van der Waals surface area contributed by atoms with Crippen molar-refractivity contribution < 1.29 is 33.4 Å². The number of aryl methyl sites for hydroxylation is 1. The summed E-state index contributed by atoms with van der Waals surface area (Å²) in [6, 6.07) is 25.7. The molecule has 1 aromatic heterocycles. The van der Waals surface area contributed by atoms with Crippen molar-refractivity contribution in [2.45, 2.75) is 91.0 Å². The van der Waals surface area contributed by atoms with Crippen molar-refractivity contribution in [1.82, 2.24) is 9.88 Å². The molecule has 0 saturated heterocycles. The predicted octanol–water partition coefficient (Wildman–Crippen LogP) is 8.46. The number of nitrogens with one attached hydrogen (secondary N) is 1. The number of carbonyl (C=O) groups excluding carboxylic acids is 4. The van der Waals surface area contributed by atoms with Gasteiger partial charge in [0.15, 0.2) is 11.6 Å². The van der Waals surface area contributed by atoms with Crippen LogP contribution in [0.2, 0.25) is 0 Å². The van der Waals surface area contributed by atoms with Crippen LogP contribution >= 0.6 is 0 Å². The van der Waals surface area contributed by atoms with Crippen LogP contribution < -0.4 is 15.0 Å². The third-order valence-electron chi connectivity index (χ3n) is 8.86. The molecule has 11 nitrogen and oxygen atoms in total. The number of amides is 3. The second-order valence-electron chi connectivity index (χ2n) is 14.4. The second kappa shape index (κ2) is 17.9. The SMILES string of the molecule is CCOC(=O)CC(c1ccccc1)N1C(=O)c2cc(CCCCOc3cccnc3NC(=O)OC(C)(C)C)ccc2N(C(C)C)C(=O)C1c1ccccc1. The molecule has 2 heterocycles. The summed E-state index contributed by atoms with van der Waals surface area (Å²) in [5.41, 5.74) is 2.56. The van der Waals surface area contributed by atoms with Gasteiger partial charge in [-0.3, -0.25) is 19.7 Å². The number of esters is 1. The number of hydrogen-bond donors (Lipinski definition) is 1. The fraction of sp³-hybridized carbons (Fsp3) is 0.372. The van der Waals surface area contributed by atoms with E-state index in [2.05, 4.69) is 10.3 Å². The van der Waals surface area contributed by atoms with Crippen LogP contribution in [0.1, 0.15) is 99.9 Å². The van der Waals surface area contributed by atoms with Crippen LogP contribution in [-0.2, 0) is 25.5 Å². The number of pyridine rings is 1. The van der Waals surface area contributed by atoms with E-state index in [1.807, 2.05) is 92.7 Å². The van der Waals surface area contributed by atoms with Gasteiger partial charge in [-0.2, -0.15) is 0 Å². The van der Waals surface area contributed by atoms with Crippen molar-refractivity contribution in [3.63, 3.8) is 0 Å². The first-order valence-corrected chi connectivity index (χ1v) is 18.5. The predicted molar refractivity (Wildman–Crippen MR) is 207 cm³/mol. The number of anilines is 2. The molecule has 0 bridgehead atoms. The Morgan fingerprint density at radius 3 is 2.28 bits per heavy atom. The lowest BCUT2D eigenvalue weighted by Gasteiger charge is -2.37. The monoisotopic (exact) mass is 734 g/mol. The quantitative estimate of drug-likeness (QED) is 0.101. The Balaban J connectivity index is 1.42. The molecule has 1 aliphatic heterocycles. The molecular weight excluding hydrogens is 684 g/mol. The first-order chi connectivity index (χ1) is 25.9.